The SMILES string of the molecule is COC[C@@H]1CCCN1/N=C(\C)[C@H](Cc1ccccc1)[Si](C)(C)C(C)(C)C. The Bertz CT molecular complexity index is 592. The van der Waals surface area contributed by atoms with E-state index in [0.717, 1.165) is 19.6 Å². The van der Waals surface area contributed by atoms with Gasteiger partial charge in [0.2, 0.25) is 0 Å². The lowest BCUT2D eigenvalue weighted by Crippen LogP contribution is -2.46. The first-order chi connectivity index (χ1) is 12.2. The summed E-state index contributed by atoms with van der Waals surface area (Å²) in [5.41, 5.74) is 3.27. The van der Waals surface area contributed by atoms with Crippen LogP contribution in [0.2, 0.25) is 23.7 Å². The Kier molecular flexibility index (Phi) is 7.09. The van der Waals surface area contributed by atoms with Crippen molar-refractivity contribution < 1.29 is 4.74 Å². The van der Waals surface area contributed by atoms with Crippen LogP contribution in [0, 0.1) is 0 Å². The Hall–Kier alpha value is -1.13. The van der Waals surface area contributed by atoms with Crippen LogP contribution in [-0.2, 0) is 11.2 Å². The fraction of sp³-hybridized carbons (Fsp3) is 0.682. The molecule has 0 bridgehead atoms. The predicted molar refractivity (Wildman–Crippen MR) is 116 cm³/mol. The number of methoxy groups -OCH3 is 1. The molecular formula is C22H38N2OSi. The van der Waals surface area contributed by atoms with Crippen molar-refractivity contribution in [3.63, 3.8) is 0 Å². The van der Waals surface area contributed by atoms with Gasteiger partial charge in [0, 0.05) is 19.4 Å². The normalized spacial score (nSPS) is 20.5. The Balaban J connectivity index is 2.31. The van der Waals surface area contributed by atoms with Crippen molar-refractivity contribution in [2.24, 2.45) is 5.10 Å². The molecule has 0 N–H and O–H groups in total. The fourth-order valence-electron chi connectivity index (χ4n) is 3.88. The van der Waals surface area contributed by atoms with Gasteiger partial charge < -0.3 is 4.74 Å². The minimum atomic E-state index is -1.58. The van der Waals surface area contributed by atoms with E-state index in [2.05, 4.69) is 76.1 Å². The highest BCUT2D eigenvalue weighted by atomic mass is 28.3. The third-order valence-corrected chi connectivity index (χ3v) is 12.8. The molecule has 26 heavy (non-hydrogen) atoms. The maximum Gasteiger partial charge on any atom is 0.0704 e. The third-order valence-electron chi connectivity index (χ3n) is 6.58. The Morgan fingerprint density at radius 3 is 2.50 bits per heavy atom. The summed E-state index contributed by atoms with van der Waals surface area (Å²) in [6.07, 6.45) is 3.50. The number of rotatable bonds is 7. The lowest BCUT2D eigenvalue weighted by molar-refractivity contribution is 0.117. The standard InChI is InChI=1S/C22H38N2OSi/c1-18(23-24-15-11-14-20(24)17-25-5)21(26(6,7)22(2,3)4)16-19-12-9-8-10-13-19/h8-10,12-13,20-21H,11,14-17H2,1-7H3/b23-18+/t20-,21-/m0/s1. The summed E-state index contributed by atoms with van der Waals surface area (Å²) in [4.78, 5) is 0. The second-order valence-electron chi connectivity index (χ2n) is 9.37. The maximum atomic E-state index is 5.41. The maximum absolute atomic E-state index is 5.41. The van der Waals surface area contributed by atoms with Gasteiger partial charge in [0.1, 0.15) is 0 Å². The van der Waals surface area contributed by atoms with E-state index in [1.807, 2.05) is 0 Å². The van der Waals surface area contributed by atoms with E-state index in [4.69, 9.17) is 9.84 Å². The molecule has 2 atom stereocenters. The largest absolute Gasteiger partial charge is 0.382 e. The Morgan fingerprint density at radius 2 is 1.92 bits per heavy atom. The van der Waals surface area contributed by atoms with Gasteiger partial charge in [0.05, 0.1) is 20.7 Å². The zero-order chi connectivity index (χ0) is 19.4. The molecule has 1 aromatic rings. The van der Waals surface area contributed by atoms with Crippen LogP contribution in [0.1, 0.15) is 46.1 Å². The summed E-state index contributed by atoms with van der Waals surface area (Å²) >= 11 is 0. The van der Waals surface area contributed by atoms with Gasteiger partial charge in [-0.25, -0.2) is 0 Å². The van der Waals surface area contributed by atoms with E-state index in [9.17, 15) is 0 Å². The third kappa shape index (κ3) is 4.98. The average Bonchev–Trinajstić information content (AvgIpc) is 2.99. The monoisotopic (exact) mass is 374 g/mol. The lowest BCUT2D eigenvalue weighted by Gasteiger charge is -2.44. The molecule has 1 fully saturated rings. The minimum absolute atomic E-state index is 0.333. The summed E-state index contributed by atoms with van der Waals surface area (Å²) in [5.74, 6) is 0. The van der Waals surface area contributed by atoms with Crippen LogP contribution in [0.3, 0.4) is 0 Å². The molecule has 1 heterocycles. The quantitative estimate of drug-likeness (QED) is 0.459. The molecule has 1 saturated heterocycles. The Morgan fingerprint density at radius 1 is 1.27 bits per heavy atom. The molecule has 3 nitrogen and oxygen atoms in total. The van der Waals surface area contributed by atoms with Crippen molar-refractivity contribution in [3.05, 3.63) is 35.9 Å². The van der Waals surface area contributed by atoms with Crippen LogP contribution in [-0.4, -0.2) is 45.1 Å². The Labute approximate surface area is 161 Å². The van der Waals surface area contributed by atoms with Crippen molar-refractivity contribution in [1.29, 1.82) is 0 Å². The van der Waals surface area contributed by atoms with Gasteiger partial charge in [-0.2, -0.15) is 5.10 Å². The van der Waals surface area contributed by atoms with Crippen LogP contribution in [0.15, 0.2) is 35.4 Å². The first-order valence-corrected chi connectivity index (χ1v) is 13.1. The molecule has 1 aliphatic heterocycles. The van der Waals surface area contributed by atoms with E-state index in [1.54, 1.807) is 7.11 Å². The topological polar surface area (TPSA) is 24.8 Å². The van der Waals surface area contributed by atoms with Gasteiger partial charge in [0.15, 0.2) is 0 Å². The van der Waals surface area contributed by atoms with Gasteiger partial charge in [-0.05, 0) is 42.3 Å². The summed E-state index contributed by atoms with van der Waals surface area (Å²) in [7, 11) is 0.211. The summed E-state index contributed by atoms with van der Waals surface area (Å²) < 4.78 is 5.41. The smallest absolute Gasteiger partial charge is 0.0704 e. The predicted octanol–water partition coefficient (Wildman–Crippen LogP) is 5.59. The molecule has 0 unspecified atom stereocenters. The van der Waals surface area contributed by atoms with Crippen LogP contribution < -0.4 is 0 Å². The van der Waals surface area contributed by atoms with Gasteiger partial charge >= 0.3 is 0 Å². The van der Waals surface area contributed by atoms with E-state index < -0.39 is 8.07 Å². The summed E-state index contributed by atoms with van der Waals surface area (Å²) in [5, 5.41) is 7.79. The molecule has 1 aromatic carbocycles. The van der Waals surface area contributed by atoms with E-state index >= 15 is 0 Å². The van der Waals surface area contributed by atoms with E-state index in [0.29, 0.717) is 16.6 Å². The molecular weight excluding hydrogens is 336 g/mol. The molecule has 0 amide bonds. The van der Waals surface area contributed by atoms with Crippen molar-refractivity contribution >= 4 is 13.8 Å². The van der Waals surface area contributed by atoms with Crippen LogP contribution in [0.5, 0.6) is 0 Å². The molecule has 0 saturated carbocycles. The molecule has 0 radical (unpaired) electrons. The van der Waals surface area contributed by atoms with E-state index in [1.165, 1.54) is 24.1 Å². The van der Waals surface area contributed by atoms with Crippen molar-refractivity contribution in [2.75, 3.05) is 20.3 Å². The van der Waals surface area contributed by atoms with Crippen molar-refractivity contribution in [2.45, 2.75) is 76.7 Å². The zero-order valence-corrected chi connectivity index (χ0v) is 18.9. The average molecular weight is 375 g/mol. The number of nitrogens with zero attached hydrogens (tertiary/aromatic N) is 2. The number of benzene rings is 1. The highest BCUT2D eigenvalue weighted by Gasteiger charge is 2.43. The van der Waals surface area contributed by atoms with Gasteiger partial charge in [0.25, 0.3) is 0 Å². The lowest BCUT2D eigenvalue weighted by atomic mass is 10.1. The molecule has 2 rings (SSSR count). The molecule has 0 spiro atoms. The number of hydrazone groups is 1. The fourth-order valence-corrected chi connectivity index (χ4v) is 6.78. The van der Waals surface area contributed by atoms with Crippen molar-refractivity contribution in [3.8, 4) is 0 Å². The number of ether oxygens (including phenoxy) is 1. The molecule has 0 aromatic heterocycles. The van der Waals surface area contributed by atoms with Crippen molar-refractivity contribution in [1.82, 2.24) is 5.01 Å². The van der Waals surface area contributed by atoms with E-state index in [-0.39, 0.29) is 0 Å². The molecule has 1 aliphatic rings. The molecule has 146 valence electrons. The minimum Gasteiger partial charge on any atom is -0.382 e. The number of hydrogen-bond acceptors (Lipinski definition) is 3. The second-order valence-corrected chi connectivity index (χ2v) is 15.0. The number of hydrogen-bond donors (Lipinski definition) is 0. The van der Waals surface area contributed by atoms with Gasteiger partial charge in [-0.1, -0.05) is 64.2 Å². The summed E-state index contributed by atoms with van der Waals surface area (Å²) in [6, 6.07) is 11.4. The first-order valence-electron chi connectivity index (χ1n) is 10.0. The highest BCUT2D eigenvalue weighted by molar-refractivity contribution is 6.84. The van der Waals surface area contributed by atoms with Gasteiger partial charge in [-0.3, -0.25) is 5.01 Å². The van der Waals surface area contributed by atoms with Crippen LogP contribution >= 0.6 is 0 Å². The van der Waals surface area contributed by atoms with Crippen LogP contribution in [0.25, 0.3) is 0 Å². The zero-order valence-electron chi connectivity index (χ0n) is 17.9. The molecule has 0 aliphatic carbocycles. The first kappa shape index (κ1) is 21.2. The van der Waals surface area contributed by atoms with Crippen LogP contribution in [0.4, 0.5) is 0 Å². The molecule has 4 heteroatoms. The second kappa shape index (κ2) is 8.70. The summed E-state index contributed by atoms with van der Waals surface area (Å²) in [6.45, 7) is 16.4. The highest BCUT2D eigenvalue weighted by Crippen LogP contribution is 2.45. The van der Waals surface area contributed by atoms with Gasteiger partial charge in [-0.15, -0.1) is 0 Å².